The van der Waals surface area contributed by atoms with E-state index in [1.54, 1.807) is 0 Å². The second-order valence-corrected chi connectivity index (χ2v) is 2.04. The summed E-state index contributed by atoms with van der Waals surface area (Å²) in [4.78, 5) is 2.33. The van der Waals surface area contributed by atoms with Gasteiger partial charge in [0.1, 0.15) is 0 Å². The Labute approximate surface area is 57.7 Å². The molecule has 0 aliphatic carbocycles. The normalized spacial score (nSPS) is 13.5. The number of aromatic amines is 1. The fourth-order valence-corrected chi connectivity index (χ4v) is 0.746. The summed E-state index contributed by atoms with van der Waals surface area (Å²) in [6, 6.07) is 0.891. The third kappa shape index (κ3) is 1.17. The lowest BCUT2D eigenvalue weighted by Gasteiger charge is -2.03. The van der Waals surface area contributed by atoms with Gasteiger partial charge in [0.2, 0.25) is 0 Å². The Morgan fingerprint density at radius 2 is 2.50 bits per heavy atom. The summed E-state index contributed by atoms with van der Waals surface area (Å²) in [5.41, 5.74) is 5.65. The smallest absolute Gasteiger partial charge is 0.195 e. The number of aliphatic hydroxyl groups is 1. The summed E-state index contributed by atoms with van der Waals surface area (Å²) in [6.45, 7) is -0.241. The molecule has 1 aromatic heterocycles. The number of nitrogens with two attached hydrogens (primary N) is 1. The molecule has 0 aliphatic rings. The number of nitrogens with one attached hydrogen (secondary N) is 1. The van der Waals surface area contributed by atoms with Crippen LogP contribution in [0.4, 0.5) is 4.39 Å². The van der Waals surface area contributed by atoms with Crippen molar-refractivity contribution in [3.8, 4) is 0 Å². The molecule has 1 heterocycles. The van der Waals surface area contributed by atoms with E-state index in [9.17, 15) is 4.39 Å². The molecule has 1 unspecified atom stereocenters. The molecule has 10 heavy (non-hydrogen) atoms. The molecule has 1 aromatic rings. The number of rotatable bonds is 2. The number of H-pyrrole nitrogens is 1. The highest BCUT2D eigenvalue weighted by molar-refractivity contribution is 5.15. The molecular weight excluding hydrogens is 135 g/mol. The fourth-order valence-electron chi connectivity index (χ4n) is 0.746. The van der Waals surface area contributed by atoms with Crippen LogP contribution in [0.25, 0.3) is 0 Å². The van der Waals surface area contributed by atoms with E-state index in [4.69, 9.17) is 10.8 Å². The second-order valence-electron chi connectivity index (χ2n) is 2.04. The van der Waals surface area contributed by atoms with Gasteiger partial charge < -0.3 is 15.8 Å². The molecule has 4 N–H and O–H groups in total. The van der Waals surface area contributed by atoms with Gasteiger partial charge in [-0.3, -0.25) is 0 Å². The van der Waals surface area contributed by atoms with Crippen molar-refractivity contribution in [3.63, 3.8) is 0 Å². The second kappa shape index (κ2) is 2.81. The van der Waals surface area contributed by atoms with E-state index in [2.05, 4.69) is 4.98 Å². The summed E-state index contributed by atoms with van der Waals surface area (Å²) >= 11 is 0. The molecule has 0 spiro atoms. The van der Waals surface area contributed by atoms with Gasteiger partial charge in [0.15, 0.2) is 5.95 Å². The summed E-state index contributed by atoms with van der Waals surface area (Å²) in [5, 5.41) is 8.53. The number of aromatic nitrogens is 1. The summed E-state index contributed by atoms with van der Waals surface area (Å²) < 4.78 is 12.5. The van der Waals surface area contributed by atoms with Crippen molar-refractivity contribution in [1.82, 2.24) is 4.98 Å². The SMILES string of the molecule is NC(CO)c1cc[nH]c1F. The molecular formula is C6H9FN2O. The third-order valence-electron chi connectivity index (χ3n) is 1.32. The van der Waals surface area contributed by atoms with Crippen molar-refractivity contribution in [1.29, 1.82) is 0 Å². The molecule has 0 fully saturated rings. The van der Waals surface area contributed by atoms with Crippen molar-refractivity contribution in [2.45, 2.75) is 6.04 Å². The molecule has 0 radical (unpaired) electrons. The highest BCUT2D eigenvalue weighted by Gasteiger charge is 2.09. The molecule has 0 aliphatic heterocycles. The maximum absolute atomic E-state index is 12.5. The zero-order chi connectivity index (χ0) is 7.56. The first-order valence-corrected chi connectivity index (χ1v) is 2.95. The van der Waals surface area contributed by atoms with Gasteiger partial charge in [0.05, 0.1) is 12.6 Å². The first-order chi connectivity index (χ1) is 4.75. The Balaban J connectivity index is 2.82. The average molecular weight is 144 g/mol. The van der Waals surface area contributed by atoms with E-state index in [1.807, 2.05) is 0 Å². The van der Waals surface area contributed by atoms with Crippen molar-refractivity contribution < 1.29 is 9.50 Å². The molecule has 1 atom stereocenters. The number of aliphatic hydroxyl groups excluding tert-OH is 1. The molecule has 0 amide bonds. The van der Waals surface area contributed by atoms with Crippen LogP contribution in [0, 0.1) is 5.95 Å². The molecule has 3 nitrogen and oxygen atoms in total. The van der Waals surface area contributed by atoms with Gasteiger partial charge in [-0.25, -0.2) is 0 Å². The van der Waals surface area contributed by atoms with Crippen LogP contribution in [-0.4, -0.2) is 16.7 Å². The van der Waals surface area contributed by atoms with Gasteiger partial charge in [0.25, 0.3) is 0 Å². The van der Waals surface area contributed by atoms with Gasteiger partial charge in [-0.15, -0.1) is 0 Å². The first-order valence-electron chi connectivity index (χ1n) is 2.95. The van der Waals surface area contributed by atoms with Crippen molar-refractivity contribution >= 4 is 0 Å². The minimum absolute atomic E-state index is 0.241. The number of hydrogen-bond donors (Lipinski definition) is 3. The van der Waals surface area contributed by atoms with Crippen LogP contribution in [0.1, 0.15) is 11.6 Å². The Hall–Kier alpha value is -0.870. The Morgan fingerprint density at radius 1 is 1.80 bits per heavy atom. The lowest BCUT2D eigenvalue weighted by molar-refractivity contribution is 0.265. The lowest BCUT2D eigenvalue weighted by atomic mass is 10.2. The molecule has 0 saturated carbocycles. The highest BCUT2D eigenvalue weighted by Crippen LogP contribution is 2.11. The third-order valence-corrected chi connectivity index (χ3v) is 1.32. The summed E-state index contributed by atoms with van der Waals surface area (Å²) in [5.74, 6) is -0.471. The van der Waals surface area contributed by atoms with Crippen LogP contribution >= 0.6 is 0 Å². The van der Waals surface area contributed by atoms with Crippen LogP contribution in [-0.2, 0) is 0 Å². The van der Waals surface area contributed by atoms with E-state index in [-0.39, 0.29) is 6.61 Å². The molecule has 4 heteroatoms. The van der Waals surface area contributed by atoms with E-state index >= 15 is 0 Å². The summed E-state index contributed by atoms with van der Waals surface area (Å²) in [7, 11) is 0. The van der Waals surface area contributed by atoms with E-state index < -0.39 is 12.0 Å². The molecule has 1 rings (SSSR count). The van der Waals surface area contributed by atoms with Gasteiger partial charge in [-0.1, -0.05) is 0 Å². The summed E-state index contributed by atoms with van der Waals surface area (Å²) in [6.07, 6.45) is 1.44. The lowest BCUT2D eigenvalue weighted by Crippen LogP contribution is -2.14. The predicted octanol–water partition coefficient (Wildman–Crippen LogP) is 0.146. The minimum Gasteiger partial charge on any atom is -0.394 e. The quantitative estimate of drug-likeness (QED) is 0.553. The molecule has 0 bridgehead atoms. The Bertz CT molecular complexity index is 211. The average Bonchev–Trinajstić information content (AvgIpc) is 2.34. The molecule has 0 aromatic carbocycles. The van der Waals surface area contributed by atoms with Crippen molar-refractivity contribution in [2.75, 3.05) is 6.61 Å². The molecule has 0 saturated heterocycles. The van der Waals surface area contributed by atoms with Crippen molar-refractivity contribution in [2.24, 2.45) is 5.73 Å². The minimum atomic E-state index is -0.619. The zero-order valence-corrected chi connectivity index (χ0v) is 5.34. The van der Waals surface area contributed by atoms with Crippen molar-refractivity contribution in [3.05, 3.63) is 23.8 Å². The van der Waals surface area contributed by atoms with Crippen LogP contribution < -0.4 is 5.73 Å². The molecule has 56 valence electrons. The van der Waals surface area contributed by atoms with E-state index in [1.165, 1.54) is 12.3 Å². The van der Waals surface area contributed by atoms with Gasteiger partial charge in [0, 0.05) is 11.8 Å². The van der Waals surface area contributed by atoms with E-state index in [0.29, 0.717) is 5.56 Å². The topological polar surface area (TPSA) is 62.0 Å². The van der Waals surface area contributed by atoms with Gasteiger partial charge in [-0.2, -0.15) is 4.39 Å². The first kappa shape index (κ1) is 7.24. The monoisotopic (exact) mass is 144 g/mol. The Kier molecular flexibility index (Phi) is 2.03. The van der Waals surface area contributed by atoms with E-state index in [0.717, 1.165) is 0 Å². The highest BCUT2D eigenvalue weighted by atomic mass is 19.1. The number of hydrogen-bond acceptors (Lipinski definition) is 2. The fraction of sp³-hybridized carbons (Fsp3) is 0.333. The van der Waals surface area contributed by atoms with Gasteiger partial charge in [-0.05, 0) is 6.07 Å². The van der Waals surface area contributed by atoms with Crippen LogP contribution in [0.2, 0.25) is 0 Å². The van der Waals surface area contributed by atoms with Crippen LogP contribution in [0.3, 0.4) is 0 Å². The number of halogens is 1. The van der Waals surface area contributed by atoms with Gasteiger partial charge >= 0.3 is 0 Å². The largest absolute Gasteiger partial charge is 0.394 e. The van der Waals surface area contributed by atoms with Crippen LogP contribution in [0.15, 0.2) is 12.3 Å². The predicted molar refractivity (Wildman–Crippen MR) is 34.8 cm³/mol. The maximum atomic E-state index is 12.5. The van der Waals surface area contributed by atoms with Crippen LogP contribution in [0.5, 0.6) is 0 Å². The Morgan fingerprint density at radius 3 is 2.90 bits per heavy atom. The zero-order valence-electron chi connectivity index (χ0n) is 5.34. The standard InChI is InChI=1S/C6H9FN2O/c7-6-4(1-2-9-6)5(8)3-10/h1-2,5,9-10H,3,8H2. The maximum Gasteiger partial charge on any atom is 0.195 e.